The Balaban J connectivity index is 1.35. The monoisotopic (exact) mass is 355 g/mol. The van der Waals surface area contributed by atoms with E-state index in [9.17, 15) is 9.59 Å². The van der Waals surface area contributed by atoms with Crippen molar-refractivity contribution in [1.29, 1.82) is 0 Å². The number of piperidine rings is 1. The SMILES string of the molecule is Cc1cc(C)cc(C(=O)N2CCC3(CC2)CC(C(=O)NC2CC2)=NO3)c1. The van der Waals surface area contributed by atoms with Gasteiger partial charge in [-0.1, -0.05) is 22.3 Å². The summed E-state index contributed by atoms with van der Waals surface area (Å²) in [5.41, 5.74) is 3.01. The first-order chi connectivity index (χ1) is 12.4. The third-order valence-corrected chi connectivity index (χ3v) is 5.44. The molecule has 0 aromatic heterocycles. The van der Waals surface area contributed by atoms with Crippen molar-refractivity contribution in [2.75, 3.05) is 13.1 Å². The highest BCUT2D eigenvalue weighted by molar-refractivity contribution is 6.39. The third kappa shape index (κ3) is 3.45. The maximum atomic E-state index is 12.8. The number of benzene rings is 1. The highest BCUT2D eigenvalue weighted by Gasteiger charge is 2.45. The zero-order valence-corrected chi connectivity index (χ0v) is 15.4. The van der Waals surface area contributed by atoms with Gasteiger partial charge in [-0.25, -0.2) is 0 Å². The molecule has 26 heavy (non-hydrogen) atoms. The molecule has 6 nitrogen and oxygen atoms in total. The lowest BCUT2D eigenvalue weighted by Gasteiger charge is -2.37. The third-order valence-electron chi connectivity index (χ3n) is 5.44. The molecule has 1 aromatic carbocycles. The van der Waals surface area contributed by atoms with Gasteiger partial charge in [0.15, 0.2) is 0 Å². The average molecular weight is 355 g/mol. The Morgan fingerprint density at radius 1 is 1.15 bits per heavy atom. The van der Waals surface area contributed by atoms with Crippen LogP contribution in [0, 0.1) is 13.8 Å². The highest BCUT2D eigenvalue weighted by Crippen LogP contribution is 2.35. The molecule has 1 saturated heterocycles. The van der Waals surface area contributed by atoms with Gasteiger partial charge in [-0.2, -0.15) is 0 Å². The van der Waals surface area contributed by atoms with Crippen LogP contribution >= 0.6 is 0 Å². The first kappa shape index (κ1) is 17.1. The van der Waals surface area contributed by atoms with E-state index in [0.717, 1.165) is 29.5 Å². The number of carbonyl (C=O) groups excluding carboxylic acids is 2. The van der Waals surface area contributed by atoms with Crippen molar-refractivity contribution in [3.63, 3.8) is 0 Å². The molecular weight excluding hydrogens is 330 g/mol. The lowest BCUT2D eigenvalue weighted by molar-refractivity contribution is -0.115. The molecule has 1 aromatic rings. The van der Waals surface area contributed by atoms with E-state index >= 15 is 0 Å². The number of oxime groups is 1. The van der Waals surface area contributed by atoms with Crippen LogP contribution in [0.4, 0.5) is 0 Å². The number of hydrogen-bond donors (Lipinski definition) is 1. The Kier molecular flexibility index (Phi) is 4.21. The van der Waals surface area contributed by atoms with Crippen LogP contribution in [0.3, 0.4) is 0 Å². The van der Waals surface area contributed by atoms with Gasteiger partial charge in [0.05, 0.1) is 0 Å². The van der Waals surface area contributed by atoms with Gasteiger partial charge in [-0.3, -0.25) is 9.59 Å². The van der Waals surface area contributed by atoms with Crippen molar-refractivity contribution in [2.45, 2.75) is 57.6 Å². The second-order valence-electron chi connectivity index (χ2n) is 7.91. The van der Waals surface area contributed by atoms with Crippen LogP contribution < -0.4 is 5.32 Å². The van der Waals surface area contributed by atoms with E-state index in [0.29, 0.717) is 44.1 Å². The van der Waals surface area contributed by atoms with Gasteiger partial charge in [-0.05, 0) is 38.8 Å². The summed E-state index contributed by atoms with van der Waals surface area (Å²) in [6.07, 6.45) is 4.05. The molecule has 1 spiro atoms. The van der Waals surface area contributed by atoms with Crippen LogP contribution in [0.2, 0.25) is 0 Å². The number of aryl methyl sites for hydroxylation is 2. The van der Waals surface area contributed by atoms with Crippen molar-refractivity contribution in [2.24, 2.45) is 5.16 Å². The quantitative estimate of drug-likeness (QED) is 0.905. The minimum Gasteiger partial charge on any atom is -0.388 e. The van der Waals surface area contributed by atoms with E-state index < -0.39 is 5.60 Å². The number of likely N-dealkylation sites (tertiary alicyclic amines) is 1. The van der Waals surface area contributed by atoms with E-state index in [1.165, 1.54) is 0 Å². The number of rotatable bonds is 3. The minimum absolute atomic E-state index is 0.0669. The zero-order valence-electron chi connectivity index (χ0n) is 15.4. The molecule has 3 aliphatic rings. The maximum absolute atomic E-state index is 12.8. The van der Waals surface area contributed by atoms with Crippen molar-refractivity contribution in [1.82, 2.24) is 10.2 Å². The molecule has 1 N–H and O–H groups in total. The van der Waals surface area contributed by atoms with Gasteiger partial charge in [0.1, 0.15) is 11.3 Å². The number of hydrogen-bond acceptors (Lipinski definition) is 4. The first-order valence-electron chi connectivity index (χ1n) is 9.38. The van der Waals surface area contributed by atoms with E-state index in [4.69, 9.17) is 4.84 Å². The molecular formula is C20H25N3O3. The van der Waals surface area contributed by atoms with Crippen molar-refractivity contribution >= 4 is 17.5 Å². The van der Waals surface area contributed by atoms with Crippen LogP contribution in [0.25, 0.3) is 0 Å². The van der Waals surface area contributed by atoms with Crippen LogP contribution in [0.1, 0.15) is 53.6 Å². The van der Waals surface area contributed by atoms with Gasteiger partial charge in [0.2, 0.25) is 0 Å². The normalized spacial score (nSPS) is 21.3. The number of amides is 2. The Bertz CT molecular complexity index is 754. The van der Waals surface area contributed by atoms with Crippen LogP contribution in [-0.4, -0.2) is 47.2 Å². The van der Waals surface area contributed by atoms with E-state index in [2.05, 4.69) is 16.5 Å². The van der Waals surface area contributed by atoms with Gasteiger partial charge >= 0.3 is 0 Å². The van der Waals surface area contributed by atoms with Gasteiger partial charge in [0, 0.05) is 44.0 Å². The Labute approximate surface area is 153 Å². The predicted molar refractivity (Wildman–Crippen MR) is 98.1 cm³/mol. The maximum Gasteiger partial charge on any atom is 0.269 e. The standard InChI is InChI=1S/C20H25N3O3/c1-13-9-14(2)11-15(10-13)19(25)23-7-5-20(6-8-23)12-17(22-26-20)18(24)21-16-3-4-16/h9-11,16H,3-8,12H2,1-2H3,(H,21,24). The first-order valence-corrected chi connectivity index (χ1v) is 9.38. The van der Waals surface area contributed by atoms with Crippen molar-refractivity contribution < 1.29 is 14.4 Å². The Hall–Kier alpha value is -2.37. The summed E-state index contributed by atoms with van der Waals surface area (Å²) in [4.78, 5) is 32.5. The van der Waals surface area contributed by atoms with Crippen LogP contribution in [0.5, 0.6) is 0 Å². The van der Waals surface area contributed by atoms with E-state index in [1.54, 1.807) is 0 Å². The van der Waals surface area contributed by atoms with Crippen LogP contribution in [0.15, 0.2) is 23.4 Å². The molecule has 0 atom stereocenters. The summed E-state index contributed by atoms with van der Waals surface area (Å²) in [5, 5.41) is 7.01. The van der Waals surface area contributed by atoms with Gasteiger partial charge in [0.25, 0.3) is 11.8 Å². The van der Waals surface area contributed by atoms with E-state index in [-0.39, 0.29) is 11.8 Å². The number of carbonyl (C=O) groups is 2. The molecule has 2 heterocycles. The number of nitrogens with one attached hydrogen (secondary N) is 1. The molecule has 138 valence electrons. The molecule has 2 aliphatic heterocycles. The largest absolute Gasteiger partial charge is 0.388 e. The molecule has 0 bridgehead atoms. The van der Waals surface area contributed by atoms with Gasteiger partial charge < -0.3 is 15.1 Å². The smallest absolute Gasteiger partial charge is 0.269 e. The minimum atomic E-state index is -0.421. The van der Waals surface area contributed by atoms with Crippen molar-refractivity contribution in [3.05, 3.63) is 34.9 Å². The summed E-state index contributed by atoms with van der Waals surface area (Å²) in [6.45, 7) is 5.26. The predicted octanol–water partition coefficient (Wildman–Crippen LogP) is 2.33. The molecule has 4 rings (SSSR count). The fourth-order valence-electron chi connectivity index (χ4n) is 3.81. The van der Waals surface area contributed by atoms with E-state index in [1.807, 2.05) is 30.9 Å². The second-order valence-corrected chi connectivity index (χ2v) is 7.91. The molecule has 2 amide bonds. The summed E-state index contributed by atoms with van der Waals surface area (Å²) >= 11 is 0. The Morgan fingerprint density at radius 3 is 2.42 bits per heavy atom. The number of nitrogens with zero attached hydrogens (tertiary/aromatic N) is 2. The lowest BCUT2D eigenvalue weighted by atomic mass is 9.86. The molecule has 2 fully saturated rings. The lowest BCUT2D eigenvalue weighted by Crippen LogP contribution is -2.47. The second kappa shape index (κ2) is 6.41. The van der Waals surface area contributed by atoms with Crippen molar-refractivity contribution in [3.8, 4) is 0 Å². The molecule has 6 heteroatoms. The summed E-state index contributed by atoms with van der Waals surface area (Å²) < 4.78 is 0. The average Bonchev–Trinajstić information content (AvgIpc) is 3.33. The van der Waals surface area contributed by atoms with Crippen LogP contribution in [-0.2, 0) is 9.63 Å². The fourth-order valence-corrected chi connectivity index (χ4v) is 3.81. The summed E-state index contributed by atoms with van der Waals surface area (Å²) in [7, 11) is 0. The fraction of sp³-hybridized carbons (Fsp3) is 0.550. The Morgan fingerprint density at radius 2 is 1.81 bits per heavy atom. The highest BCUT2D eigenvalue weighted by atomic mass is 16.7. The molecule has 0 unspecified atom stereocenters. The molecule has 0 radical (unpaired) electrons. The summed E-state index contributed by atoms with van der Waals surface area (Å²) in [5.74, 6) is -0.0321. The van der Waals surface area contributed by atoms with Gasteiger partial charge in [-0.15, -0.1) is 0 Å². The zero-order chi connectivity index (χ0) is 18.3. The molecule has 1 aliphatic carbocycles. The molecule has 1 saturated carbocycles. The topological polar surface area (TPSA) is 71.0 Å². The summed E-state index contributed by atoms with van der Waals surface area (Å²) in [6, 6.07) is 6.27.